The van der Waals surface area contributed by atoms with Crippen LogP contribution in [0.1, 0.15) is 0 Å². The van der Waals surface area contributed by atoms with Crippen LogP contribution >= 0.6 is 0 Å². The van der Waals surface area contributed by atoms with Crippen LogP contribution < -0.4 is 4.74 Å². The molecule has 1 aromatic rings. The Morgan fingerprint density at radius 1 is 1.36 bits per heavy atom. The second kappa shape index (κ2) is 3.37. The summed E-state index contributed by atoms with van der Waals surface area (Å²) in [5.41, 5.74) is 0.760. The Labute approximate surface area is 64.6 Å². The molecule has 3 nitrogen and oxygen atoms in total. The predicted octanol–water partition coefficient (Wildman–Crippen LogP) is 1.88. The highest BCUT2D eigenvalue weighted by molar-refractivity contribution is 5.47. The number of hydrogen-bond donors (Lipinski definition) is 0. The fraction of sp³-hybridized carbons (Fsp3) is 0. The molecule has 0 saturated heterocycles. The van der Waals surface area contributed by atoms with E-state index in [1.54, 1.807) is 30.5 Å². The van der Waals surface area contributed by atoms with Crippen molar-refractivity contribution < 1.29 is 4.74 Å². The molecular weight excluding hydrogens is 140 g/mol. The van der Waals surface area contributed by atoms with Crippen molar-refractivity contribution in [1.29, 1.82) is 5.26 Å². The number of ether oxygens (including phenoxy) is 1. The standard InChI is InChI=1S/C8H6N2O/c1-10-7-2-4-8(5-3-7)11-6-9/h2-5H,1H2. The van der Waals surface area contributed by atoms with E-state index in [1.807, 2.05) is 0 Å². The van der Waals surface area contributed by atoms with E-state index in [1.165, 1.54) is 0 Å². The van der Waals surface area contributed by atoms with Crippen molar-refractivity contribution in [3.05, 3.63) is 24.3 Å². The second-order valence-electron chi connectivity index (χ2n) is 1.85. The summed E-state index contributed by atoms with van der Waals surface area (Å²) in [5.74, 6) is 0.514. The van der Waals surface area contributed by atoms with Crippen LogP contribution in [-0.4, -0.2) is 6.72 Å². The molecule has 3 heteroatoms. The summed E-state index contributed by atoms with van der Waals surface area (Å²) < 4.78 is 4.55. The van der Waals surface area contributed by atoms with Crippen molar-refractivity contribution in [3.8, 4) is 12.0 Å². The van der Waals surface area contributed by atoms with Crippen molar-refractivity contribution in [2.75, 3.05) is 0 Å². The number of aliphatic imine (C=N–C) groups is 1. The van der Waals surface area contributed by atoms with Gasteiger partial charge in [-0.15, -0.1) is 5.26 Å². The molecule has 11 heavy (non-hydrogen) atoms. The van der Waals surface area contributed by atoms with E-state index in [0.717, 1.165) is 5.69 Å². The van der Waals surface area contributed by atoms with E-state index in [4.69, 9.17) is 5.26 Å². The van der Waals surface area contributed by atoms with Gasteiger partial charge >= 0.3 is 0 Å². The summed E-state index contributed by atoms with van der Waals surface area (Å²) in [6.07, 6.45) is 1.58. The first-order chi connectivity index (χ1) is 5.36. The van der Waals surface area contributed by atoms with E-state index < -0.39 is 0 Å². The van der Waals surface area contributed by atoms with Crippen LogP contribution in [0.3, 0.4) is 0 Å². The van der Waals surface area contributed by atoms with Crippen LogP contribution in [0, 0.1) is 11.5 Å². The van der Waals surface area contributed by atoms with E-state index in [-0.39, 0.29) is 0 Å². The highest BCUT2D eigenvalue weighted by Gasteiger charge is 1.90. The van der Waals surface area contributed by atoms with Crippen molar-refractivity contribution in [2.24, 2.45) is 4.99 Å². The van der Waals surface area contributed by atoms with Gasteiger partial charge in [0.2, 0.25) is 0 Å². The smallest absolute Gasteiger partial charge is 0.292 e. The van der Waals surface area contributed by atoms with Gasteiger partial charge in [0, 0.05) is 0 Å². The lowest BCUT2D eigenvalue weighted by molar-refractivity contribution is 0.507. The first kappa shape index (κ1) is 7.29. The minimum absolute atomic E-state index is 0.514. The first-order valence-corrected chi connectivity index (χ1v) is 2.99. The normalized spacial score (nSPS) is 8.27. The number of nitriles is 1. The molecule has 0 heterocycles. The minimum atomic E-state index is 0.514. The van der Waals surface area contributed by atoms with Crippen LogP contribution in [0.5, 0.6) is 5.75 Å². The lowest BCUT2D eigenvalue weighted by Gasteiger charge is -1.94. The average molecular weight is 146 g/mol. The summed E-state index contributed by atoms with van der Waals surface area (Å²) in [6, 6.07) is 6.76. The maximum Gasteiger partial charge on any atom is 0.292 e. The molecule has 0 atom stereocenters. The van der Waals surface area contributed by atoms with Crippen molar-refractivity contribution in [1.82, 2.24) is 0 Å². The second-order valence-corrected chi connectivity index (χ2v) is 1.85. The molecule has 54 valence electrons. The summed E-state index contributed by atoms with van der Waals surface area (Å²) in [6.45, 7) is 3.35. The summed E-state index contributed by atoms with van der Waals surface area (Å²) in [5, 5.41) is 8.14. The van der Waals surface area contributed by atoms with Gasteiger partial charge in [0.15, 0.2) is 0 Å². The largest absolute Gasteiger partial charge is 0.388 e. The molecule has 1 aromatic carbocycles. The van der Waals surface area contributed by atoms with Gasteiger partial charge in [-0.25, -0.2) is 0 Å². The molecular formula is C8H6N2O. The Balaban J connectivity index is 2.84. The molecule has 0 spiro atoms. The monoisotopic (exact) mass is 146 g/mol. The summed E-state index contributed by atoms with van der Waals surface area (Å²) >= 11 is 0. The Bertz CT molecular complexity index is 284. The van der Waals surface area contributed by atoms with Crippen molar-refractivity contribution in [2.45, 2.75) is 0 Å². The quantitative estimate of drug-likeness (QED) is 0.472. The molecule has 0 aromatic heterocycles. The molecule has 0 unspecified atom stereocenters. The van der Waals surface area contributed by atoms with Gasteiger partial charge in [-0.1, -0.05) is 0 Å². The molecule has 0 N–H and O–H groups in total. The Morgan fingerprint density at radius 2 is 2.00 bits per heavy atom. The zero-order chi connectivity index (χ0) is 8.10. The summed E-state index contributed by atoms with van der Waals surface area (Å²) in [4.78, 5) is 3.68. The molecule has 0 saturated carbocycles. The lowest BCUT2D eigenvalue weighted by Crippen LogP contribution is -1.79. The molecule has 0 amide bonds. The fourth-order valence-corrected chi connectivity index (χ4v) is 0.672. The molecule has 0 aliphatic carbocycles. The summed E-state index contributed by atoms with van der Waals surface area (Å²) in [7, 11) is 0. The molecule has 0 radical (unpaired) electrons. The van der Waals surface area contributed by atoms with E-state index in [9.17, 15) is 0 Å². The van der Waals surface area contributed by atoms with Crippen molar-refractivity contribution >= 4 is 12.4 Å². The maximum atomic E-state index is 8.14. The zero-order valence-electron chi connectivity index (χ0n) is 5.82. The van der Waals surface area contributed by atoms with Gasteiger partial charge in [0.05, 0.1) is 5.69 Å². The molecule has 0 aliphatic rings. The lowest BCUT2D eigenvalue weighted by atomic mass is 10.3. The van der Waals surface area contributed by atoms with Crippen LogP contribution in [0.15, 0.2) is 29.3 Å². The third-order valence-electron chi connectivity index (χ3n) is 1.18. The predicted molar refractivity (Wildman–Crippen MR) is 41.9 cm³/mol. The fourth-order valence-electron chi connectivity index (χ4n) is 0.672. The number of nitrogens with zero attached hydrogens (tertiary/aromatic N) is 2. The van der Waals surface area contributed by atoms with Crippen molar-refractivity contribution in [3.63, 3.8) is 0 Å². The molecule has 0 fully saturated rings. The minimum Gasteiger partial charge on any atom is -0.388 e. The zero-order valence-corrected chi connectivity index (χ0v) is 5.82. The van der Waals surface area contributed by atoms with E-state index >= 15 is 0 Å². The van der Waals surface area contributed by atoms with Gasteiger partial charge in [-0.3, -0.25) is 4.99 Å². The van der Waals surface area contributed by atoms with E-state index in [0.29, 0.717) is 5.75 Å². The van der Waals surface area contributed by atoms with Gasteiger partial charge < -0.3 is 4.74 Å². The molecule has 0 aliphatic heterocycles. The van der Waals surface area contributed by atoms with Gasteiger partial charge in [0.1, 0.15) is 5.75 Å². The van der Waals surface area contributed by atoms with Crippen LogP contribution in [0.25, 0.3) is 0 Å². The van der Waals surface area contributed by atoms with Gasteiger partial charge in [-0.2, -0.15) is 0 Å². The number of benzene rings is 1. The van der Waals surface area contributed by atoms with Gasteiger partial charge in [-0.05, 0) is 31.0 Å². The Kier molecular flexibility index (Phi) is 2.24. The van der Waals surface area contributed by atoms with Gasteiger partial charge in [0.25, 0.3) is 6.26 Å². The highest BCUT2D eigenvalue weighted by Crippen LogP contribution is 2.16. The third kappa shape index (κ3) is 1.80. The molecule has 1 rings (SSSR count). The average Bonchev–Trinajstić information content (AvgIpc) is 2.07. The SMILES string of the molecule is C=Nc1ccc(OC#N)cc1. The molecule has 0 bridgehead atoms. The number of hydrogen-bond acceptors (Lipinski definition) is 3. The Hall–Kier alpha value is -1.82. The van der Waals surface area contributed by atoms with Crippen LogP contribution in [-0.2, 0) is 0 Å². The van der Waals surface area contributed by atoms with E-state index in [2.05, 4.69) is 16.4 Å². The van der Waals surface area contributed by atoms with Crippen LogP contribution in [0.4, 0.5) is 5.69 Å². The Morgan fingerprint density at radius 3 is 2.45 bits per heavy atom. The number of rotatable bonds is 2. The highest BCUT2D eigenvalue weighted by atomic mass is 16.5. The first-order valence-electron chi connectivity index (χ1n) is 2.99. The third-order valence-corrected chi connectivity index (χ3v) is 1.18. The maximum absolute atomic E-state index is 8.14. The topological polar surface area (TPSA) is 45.4 Å². The van der Waals surface area contributed by atoms with Crippen LogP contribution in [0.2, 0.25) is 0 Å².